The third kappa shape index (κ3) is 4.71. The summed E-state index contributed by atoms with van der Waals surface area (Å²) in [4.78, 5) is 16.7. The number of esters is 1. The summed E-state index contributed by atoms with van der Waals surface area (Å²) in [6, 6.07) is 0. The molecule has 70 valence electrons. The van der Waals surface area contributed by atoms with E-state index in [0.717, 1.165) is 0 Å². The van der Waals surface area contributed by atoms with Gasteiger partial charge in [0.15, 0.2) is 0 Å². The van der Waals surface area contributed by atoms with Crippen LogP contribution in [0.25, 0.3) is 0 Å². The maximum absolute atomic E-state index is 10.9. The summed E-state index contributed by atoms with van der Waals surface area (Å²) in [5.41, 5.74) is 0. The fourth-order valence-corrected chi connectivity index (χ4v) is 0.644. The standard InChI is InChI=1S/C8H16N2O2/c1-7(8(11)12-4)5-9-6-10(2)3/h6-7H,5H2,1-4H3. The minimum absolute atomic E-state index is 0.161. The van der Waals surface area contributed by atoms with E-state index in [4.69, 9.17) is 0 Å². The molecule has 0 aliphatic heterocycles. The number of hydrogen-bond donors (Lipinski definition) is 0. The highest BCUT2D eigenvalue weighted by atomic mass is 16.5. The Morgan fingerprint density at radius 1 is 1.67 bits per heavy atom. The molecule has 4 heteroatoms. The van der Waals surface area contributed by atoms with E-state index in [1.54, 1.807) is 13.3 Å². The lowest BCUT2D eigenvalue weighted by Gasteiger charge is -2.06. The zero-order valence-electron chi connectivity index (χ0n) is 8.07. The Kier molecular flexibility index (Phi) is 5.08. The Morgan fingerprint density at radius 2 is 2.25 bits per heavy atom. The molecule has 0 aliphatic rings. The molecule has 0 bridgehead atoms. The lowest BCUT2D eigenvalue weighted by atomic mass is 10.2. The SMILES string of the molecule is COC(=O)C(C)CN=CN(C)C. The fourth-order valence-electron chi connectivity index (χ4n) is 0.644. The van der Waals surface area contributed by atoms with E-state index in [1.165, 1.54) is 7.11 Å². The van der Waals surface area contributed by atoms with E-state index in [2.05, 4.69) is 9.73 Å². The molecule has 1 unspecified atom stereocenters. The van der Waals surface area contributed by atoms with Crippen LogP contribution >= 0.6 is 0 Å². The summed E-state index contributed by atoms with van der Waals surface area (Å²) >= 11 is 0. The van der Waals surface area contributed by atoms with Crippen LogP contribution in [0.5, 0.6) is 0 Å². The molecule has 0 aromatic heterocycles. The first-order valence-electron chi connectivity index (χ1n) is 3.82. The summed E-state index contributed by atoms with van der Waals surface area (Å²) in [7, 11) is 5.15. The normalized spacial score (nSPS) is 13.0. The molecule has 0 heterocycles. The lowest BCUT2D eigenvalue weighted by molar-refractivity contribution is -0.144. The Labute approximate surface area is 73.2 Å². The molecule has 0 aromatic carbocycles. The van der Waals surface area contributed by atoms with Crippen LogP contribution in [0.2, 0.25) is 0 Å². The Bertz CT molecular complexity index is 166. The third-order valence-electron chi connectivity index (χ3n) is 1.30. The van der Waals surface area contributed by atoms with Gasteiger partial charge in [-0.3, -0.25) is 9.79 Å². The van der Waals surface area contributed by atoms with Crippen LogP contribution in [-0.4, -0.2) is 45.0 Å². The molecule has 0 fully saturated rings. The topological polar surface area (TPSA) is 41.9 Å². The van der Waals surface area contributed by atoms with Crippen molar-refractivity contribution in [1.82, 2.24) is 4.90 Å². The van der Waals surface area contributed by atoms with Crippen molar-refractivity contribution in [3.05, 3.63) is 0 Å². The van der Waals surface area contributed by atoms with Crippen molar-refractivity contribution in [3.63, 3.8) is 0 Å². The summed E-state index contributed by atoms with van der Waals surface area (Å²) < 4.78 is 4.54. The molecule has 12 heavy (non-hydrogen) atoms. The van der Waals surface area contributed by atoms with Gasteiger partial charge >= 0.3 is 5.97 Å². The second-order valence-electron chi connectivity index (χ2n) is 2.87. The predicted molar refractivity (Wildman–Crippen MR) is 48.2 cm³/mol. The lowest BCUT2D eigenvalue weighted by Crippen LogP contribution is -2.17. The molecule has 1 atom stereocenters. The molecule has 0 aliphatic carbocycles. The van der Waals surface area contributed by atoms with Gasteiger partial charge in [0.05, 0.1) is 25.9 Å². The average Bonchev–Trinajstić information content (AvgIpc) is 2.02. The van der Waals surface area contributed by atoms with Crippen molar-refractivity contribution in [3.8, 4) is 0 Å². The fraction of sp³-hybridized carbons (Fsp3) is 0.750. The minimum Gasteiger partial charge on any atom is -0.469 e. The number of aliphatic imine (C=N–C) groups is 1. The molecular formula is C8H16N2O2. The quantitative estimate of drug-likeness (QED) is 0.350. The molecule has 0 amide bonds. The zero-order chi connectivity index (χ0) is 9.56. The Morgan fingerprint density at radius 3 is 2.67 bits per heavy atom. The predicted octanol–water partition coefficient (Wildman–Crippen LogP) is 0.385. The van der Waals surface area contributed by atoms with Gasteiger partial charge in [-0.05, 0) is 0 Å². The van der Waals surface area contributed by atoms with Crippen LogP contribution in [0.4, 0.5) is 0 Å². The van der Waals surface area contributed by atoms with E-state index in [1.807, 2.05) is 19.0 Å². The third-order valence-corrected chi connectivity index (χ3v) is 1.30. The summed E-state index contributed by atoms with van der Waals surface area (Å²) in [5, 5.41) is 0. The van der Waals surface area contributed by atoms with E-state index >= 15 is 0 Å². The van der Waals surface area contributed by atoms with E-state index in [-0.39, 0.29) is 11.9 Å². The number of carbonyl (C=O) groups is 1. The summed E-state index contributed by atoms with van der Waals surface area (Å²) in [6.07, 6.45) is 1.68. The van der Waals surface area contributed by atoms with Crippen molar-refractivity contribution in [1.29, 1.82) is 0 Å². The number of nitrogens with zero attached hydrogens (tertiary/aromatic N) is 2. The van der Waals surface area contributed by atoms with Gasteiger partial charge in [0, 0.05) is 14.1 Å². The van der Waals surface area contributed by atoms with Gasteiger partial charge in [-0.25, -0.2) is 0 Å². The van der Waals surface area contributed by atoms with Crippen LogP contribution in [0.15, 0.2) is 4.99 Å². The van der Waals surface area contributed by atoms with E-state index < -0.39 is 0 Å². The van der Waals surface area contributed by atoms with Crippen molar-refractivity contribution < 1.29 is 9.53 Å². The Hall–Kier alpha value is -1.06. The van der Waals surface area contributed by atoms with Crippen LogP contribution < -0.4 is 0 Å². The van der Waals surface area contributed by atoms with Gasteiger partial charge < -0.3 is 9.64 Å². The number of methoxy groups -OCH3 is 1. The molecule has 0 spiro atoms. The highest BCUT2D eigenvalue weighted by molar-refractivity contribution is 5.72. The highest BCUT2D eigenvalue weighted by Crippen LogP contribution is 1.97. The van der Waals surface area contributed by atoms with Gasteiger partial charge in [-0.1, -0.05) is 6.92 Å². The van der Waals surface area contributed by atoms with Crippen LogP contribution in [0.1, 0.15) is 6.92 Å². The molecule has 4 nitrogen and oxygen atoms in total. The second-order valence-corrected chi connectivity index (χ2v) is 2.87. The van der Waals surface area contributed by atoms with Gasteiger partial charge in [0.2, 0.25) is 0 Å². The maximum Gasteiger partial charge on any atom is 0.310 e. The van der Waals surface area contributed by atoms with Crippen molar-refractivity contribution in [2.75, 3.05) is 27.7 Å². The van der Waals surface area contributed by atoms with Crippen LogP contribution in [-0.2, 0) is 9.53 Å². The van der Waals surface area contributed by atoms with Gasteiger partial charge in [-0.2, -0.15) is 0 Å². The number of rotatable bonds is 4. The molecule has 0 saturated heterocycles. The zero-order valence-corrected chi connectivity index (χ0v) is 8.07. The number of hydrogen-bond acceptors (Lipinski definition) is 3. The van der Waals surface area contributed by atoms with E-state index in [9.17, 15) is 4.79 Å². The molecule has 0 radical (unpaired) electrons. The number of carbonyl (C=O) groups excluding carboxylic acids is 1. The van der Waals surface area contributed by atoms with Crippen molar-refractivity contribution in [2.24, 2.45) is 10.9 Å². The second kappa shape index (κ2) is 5.57. The summed E-state index contributed by atoms with van der Waals surface area (Å²) in [5.74, 6) is -0.378. The van der Waals surface area contributed by atoms with Gasteiger partial charge in [0.25, 0.3) is 0 Å². The average molecular weight is 172 g/mol. The first-order valence-corrected chi connectivity index (χ1v) is 3.82. The molecule has 0 aromatic rings. The monoisotopic (exact) mass is 172 g/mol. The first-order chi connectivity index (χ1) is 5.57. The van der Waals surface area contributed by atoms with Gasteiger partial charge in [0.1, 0.15) is 0 Å². The Balaban J connectivity index is 3.70. The van der Waals surface area contributed by atoms with Crippen LogP contribution in [0.3, 0.4) is 0 Å². The largest absolute Gasteiger partial charge is 0.469 e. The van der Waals surface area contributed by atoms with Crippen LogP contribution in [0, 0.1) is 5.92 Å². The molecule has 0 saturated carbocycles. The summed E-state index contributed by atoms with van der Waals surface area (Å²) in [6.45, 7) is 2.27. The van der Waals surface area contributed by atoms with Crippen molar-refractivity contribution in [2.45, 2.75) is 6.92 Å². The maximum atomic E-state index is 10.9. The first kappa shape index (κ1) is 10.9. The van der Waals surface area contributed by atoms with Crippen molar-refractivity contribution >= 4 is 12.3 Å². The van der Waals surface area contributed by atoms with Gasteiger partial charge in [-0.15, -0.1) is 0 Å². The smallest absolute Gasteiger partial charge is 0.310 e. The molecule has 0 N–H and O–H groups in total. The highest BCUT2D eigenvalue weighted by Gasteiger charge is 2.10. The molecule has 0 rings (SSSR count). The number of ether oxygens (including phenoxy) is 1. The molecular weight excluding hydrogens is 156 g/mol. The minimum atomic E-state index is -0.217. The van der Waals surface area contributed by atoms with E-state index in [0.29, 0.717) is 6.54 Å².